The largest absolute Gasteiger partial charge is 0.369 e. The summed E-state index contributed by atoms with van der Waals surface area (Å²) in [7, 11) is 0. The molecule has 0 radical (unpaired) electrons. The highest BCUT2D eigenvalue weighted by Gasteiger charge is 2.05. The topological polar surface area (TPSA) is 24.4 Å². The van der Waals surface area contributed by atoms with Gasteiger partial charge in [-0.15, -0.1) is 11.3 Å². The normalized spacial score (nSPS) is 16.2. The van der Waals surface area contributed by atoms with E-state index in [1.54, 1.807) is 0 Å². The standard InChI is InChI=1S/C12H18N2S/c1-2-10-6-7-11(15-10)9-14-12-5-3-4-8-13-12/h6-7H,2-5,8-9H2,1H3,(H,13,14). The first kappa shape index (κ1) is 10.7. The number of hydrogen-bond acceptors (Lipinski definition) is 3. The van der Waals surface area contributed by atoms with Crippen LogP contribution in [0, 0.1) is 0 Å². The Balaban J connectivity index is 1.84. The lowest BCUT2D eigenvalue weighted by atomic mass is 10.2. The molecule has 0 unspecified atom stereocenters. The first-order chi connectivity index (χ1) is 7.38. The van der Waals surface area contributed by atoms with Crippen LogP contribution in [0.3, 0.4) is 0 Å². The average Bonchev–Trinajstić information content (AvgIpc) is 2.76. The number of amidine groups is 1. The summed E-state index contributed by atoms with van der Waals surface area (Å²) in [5, 5.41) is 3.44. The van der Waals surface area contributed by atoms with Crippen molar-refractivity contribution in [2.24, 2.45) is 4.99 Å². The van der Waals surface area contributed by atoms with Gasteiger partial charge >= 0.3 is 0 Å². The van der Waals surface area contributed by atoms with E-state index in [1.807, 2.05) is 11.3 Å². The average molecular weight is 222 g/mol. The zero-order chi connectivity index (χ0) is 10.5. The van der Waals surface area contributed by atoms with Gasteiger partial charge in [-0.05, 0) is 31.4 Å². The summed E-state index contributed by atoms with van der Waals surface area (Å²) in [4.78, 5) is 7.37. The van der Waals surface area contributed by atoms with Gasteiger partial charge in [-0.2, -0.15) is 0 Å². The second kappa shape index (κ2) is 5.31. The molecule has 3 heteroatoms. The molecular formula is C12H18N2S. The smallest absolute Gasteiger partial charge is 0.0965 e. The Morgan fingerprint density at radius 1 is 1.33 bits per heavy atom. The quantitative estimate of drug-likeness (QED) is 0.835. The maximum Gasteiger partial charge on any atom is 0.0965 e. The first-order valence-corrected chi connectivity index (χ1v) is 6.55. The predicted octanol–water partition coefficient (Wildman–Crippen LogP) is 2.98. The summed E-state index contributed by atoms with van der Waals surface area (Å²) in [6.45, 7) is 4.16. The van der Waals surface area contributed by atoms with Gasteiger partial charge in [0.15, 0.2) is 0 Å². The molecule has 1 aliphatic heterocycles. The van der Waals surface area contributed by atoms with Gasteiger partial charge in [-0.3, -0.25) is 4.99 Å². The lowest BCUT2D eigenvalue weighted by molar-refractivity contribution is 0.707. The Morgan fingerprint density at radius 2 is 2.20 bits per heavy atom. The molecule has 15 heavy (non-hydrogen) atoms. The summed E-state index contributed by atoms with van der Waals surface area (Å²) < 4.78 is 0. The van der Waals surface area contributed by atoms with Crippen molar-refractivity contribution < 1.29 is 0 Å². The minimum absolute atomic E-state index is 0.948. The minimum Gasteiger partial charge on any atom is -0.369 e. The zero-order valence-corrected chi connectivity index (χ0v) is 10.1. The summed E-state index contributed by atoms with van der Waals surface area (Å²) in [6.07, 6.45) is 4.82. The maximum atomic E-state index is 4.48. The molecule has 0 aliphatic carbocycles. The Bertz CT molecular complexity index is 341. The second-order valence-electron chi connectivity index (χ2n) is 3.86. The van der Waals surface area contributed by atoms with Crippen LogP contribution in [0.4, 0.5) is 0 Å². The van der Waals surface area contributed by atoms with Gasteiger partial charge in [0.05, 0.1) is 12.4 Å². The monoisotopic (exact) mass is 222 g/mol. The van der Waals surface area contributed by atoms with Gasteiger partial charge in [0.1, 0.15) is 0 Å². The molecule has 0 amide bonds. The van der Waals surface area contributed by atoms with Crippen LogP contribution < -0.4 is 5.32 Å². The lowest BCUT2D eigenvalue weighted by Gasteiger charge is -2.12. The summed E-state index contributed by atoms with van der Waals surface area (Å²) >= 11 is 1.90. The van der Waals surface area contributed by atoms with Crippen molar-refractivity contribution >= 4 is 17.2 Å². The molecule has 1 N–H and O–H groups in total. The van der Waals surface area contributed by atoms with E-state index in [9.17, 15) is 0 Å². The molecule has 0 spiro atoms. The number of aryl methyl sites for hydroxylation is 1. The molecule has 2 heterocycles. The number of nitrogens with one attached hydrogen (secondary N) is 1. The van der Waals surface area contributed by atoms with Crippen LogP contribution in [0.2, 0.25) is 0 Å². The predicted molar refractivity (Wildman–Crippen MR) is 66.7 cm³/mol. The van der Waals surface area contributed by atoms with Crippen LogP contribution in [-0.4, -0.2) is 12.4 Å². The van der Waals surface area contributed by atoms with E-state index in [0.29, 0.717) is 0 Å². The third kappa shape index (κ3) is 3.06. The van der Waals surface area contributed by atoms with Crippen molar-refractivity contribution in [1.82, 2.24) is 5.32 Å². The van der Waals surface area contributed by atoms with Gasteiger partial charge in [-0.1, -0.05) is 6.92 Å². The first-order valence-electron chi connectivity index (χ1n) is 5.73. The van der Waals surface area contributed by atoms with Crippen molar-refractivity contribution in [3.63, 3.8) is 0 Å². The maximum absolute atomic E-state index is 4.48. The van der Waals surface area contributed by atoms with Crippen LogP contribution in [0.15, 0.2) is 17.1 Å². The zero-order valence-electron chi connectivity index (χ0n) is 9.25. The lowest BCUT2D eigenvalue weighted by Crippen LogP contribution is -2.24. The minimum atomic E-state index is 0.948. The van der Waals surface area contributed by atoms with Crippen LogP contribution in [-0.2, 0) is 13.0 Å². The Morgan fingerprint density at radius 3 is 2.87 bits per heavy atom. The molecule has 2 nitrogen and oxygen atoms in total. The van der Waals surface area contributed by atoms with Gasteiger partial charge in [0.2, 0.25) is 0 Å². The van der Waals surface area contributed by atoms with E-state index in [0.717, 1.165) is 25.9 Å². The van der Waals surface area contributed by atoms with E-state index in [1.165, 1.54) is 28.4 Å². The Kier molecular flexibility index (Phi) is 3.78. The number of aliphatic imine (C=N–C) groups is 1. The van der Waals surface area contributed by atoms with E-state index in [2.05, 4.69) is 29.4 Å². The van der Waals surface area contributed by atoms with Gasteiger partial charge < -0.3 is 5.32 Å². The summed E-state index contributed by atoms with van der Waals surface area (Å²) in [6, 6.07) is 4.45. The Labute approximate surface area is 95.4 Å². The molecule has 0 fully saturated rings. The summed E-state index contributed by atoms with van der Waals surface area (Å²) in [5.41, 5.74) is 0. The third-order valence-corrected chi connectivity index (χ3v) is 3.89. The molecule has 1 aliphatic rings. The van der Waals surface area contributed by atoms with Gasteiger partial charge in [-0.25, -0.2) is 0 Å². The molecule has 1 aromatic rings. The molecule has 0 aromatic carbocycles. The van der Waals surface area contributed by atoms with Gasteiger partial charge in [0, 0.05) is 22.7 Å². The SMILES string of the molecule is CCc1ccc(CNC2=NCCCC2)s1. The van der Waals surface area contributed by atoms with E-state index >= 15 is 0 Å². The molecule has 0 saturated carbocycles. The molecule has 0 atom stereocenters. The fourth-order valence-corrected chi connectivity index (χ4v) is 2.64. The molecule has 0 saturated heterocycles. The molecule has 1 aromatic heterocycles. The third-order valence-electron chi connectivity index (χ3n) is 2.66. The number of hydrogen-bond donors (Lipinski definition) is 1. The van der Waals surface area contributed by atoms with Crippen LogP contribution in [0.5, 0.6) is 0 Å². The van der Waals surface area contributed by atoms with Crippen molar-refractivity contribution in [2.45, 2.75) is 39.2 Å². The molecule has 82 valence electrons. The highest BCUT2D eigenvalue weighted by molar-refractivity contribution is 7.11. The van der Waals surface area contributed by atoms with E-state index in [4.69, 9.17) is 0 Å². The fourth-order valence-electron chi connectivity index (χ4n) is 1.74. The van der Waals surface area contributed by atoms with Gasteiger partial charge in [0.25, 0.3) is 0 Å². The van der Waals surface area contributed by atoms with Crippen LogP contribution in [0.25, 0.3) is 0 Å². The van der Waals surface area contributed by atoms with Crippen LogP contribution in [0.1, 0.15) is 35.9 Å². The van der Waals surface area contributed by atoms with Crippen molar-refractivity contribution in [1.29, 1.82) is 0 Å². The fraction of sp³-hybridized carbons (Fsp3) is 0.583. The molecule has 2 rings (SSSR count). The van der Waals surface area contributed by atoms with Crippen LogP contribution >= 0.6 is 11.3 Å². The highest BCUT2D eigenvalue weighted by atomic mass is 32.1. The van der Waals surface area contributed by atoms with Crippen molar-refractivity contribution in [3.05, 3.63) is 21.9 Å². The number of thiophene rings is 1. The number of rotatable bonds is 3. The van der Waals surface area contributed by atoms with Crippen molar-refractivity contribution in [2.75, 3.05) is 6.54 Å². The highest BCUT2D eigenvalue weighted by Crippen LogP contribution is 2.16. The van der Waals surface area contributed by atoms with Crippen molar-refractivity contribution in [3.8, 4) is 0 Å². The molecular weight excluding hydrogens is 204 g/mol. The molecule has 0 bridgehead atoms. The second-order valence-corrected chi connectivity index (χ2v) is 5.11. The van der Waals surface area contributed by atoms with E-state index in [-0.39, 0.29) is 0 Å². The summed E-state index contributed by atoms with van der Waals surface area (Å²) in [5.74, 6) is 1.20. The van der Waals surface area contributed by atoms with E-state index < -0.39 is 0 Å². The Hall–Kier alpha value is -0.830. The number of nitrogens with zero attached hydrogens (tertiary/aromatic N) is 1.